The van der Waals surface area contributed by atoms with Crippen molar-refractivity contribution in [1.29, 1.82) is 0 Å². The van der Waals surface area contributed by atoms with E-state index < -0.39 is 0 Å². The van der Waals surface area contributed by atoms with Crippen LogP contribution >= 0.6 is 0 Å². The van der Waals surface area contributed by atoms with Gasteiger partial charge in [0, 0.05) is 38.1 Å². The smallest absolute Gasteiger partial charge is 0.0541 e. The molecule has 2 aromatic heterocycles. The molecule has 0 saturated carbocycles. The van der Waals surface area contributed by atoms with Crippen LogP contribution in [0.5, 0.6) is 0 Å². The minimum atomic E-state index is 1.04. The van der Waals surface area contributed by atoms with Crippen LogP contribution in [0.1, 0.15) is 12.8 Å². The minimum Gasteiger partial charge on any atom is -0.310 e. The second kappa shape index (κ2) is 16.6. The van der Waals surface area contributed by atoms with Crippen LogP contribution in [0.4, 0.5) is 0 Å². The number of hydrogen-bond acceptors (Lipinski definition) is 0. The molecule has 0 unspecified atom stereocenters. The third kappa shape index (κ3) is 6.48. The maximum absolute atomic E-state index is 2.46. The van der Waals surface area contributed by atoms with Crippen LogP contribution in [-0.2, 0) is 0 Å². The van der Waals surface area contributed by atoms with Crippen molar-refractivity contribution in [3.63, 3.8) is 0 Å². The molecule has 0 atom stereocenters. The minimum absolute atomic E-state index is 1.04. The van der Waals surface area contributed by atoms with Gasteiger partial charge in [-0.3, -0.25) is 0 Å². The van der Waals surface area contributed by atoms with Gasteiger partial charge in [0.25, 0.3) is 0 Å². The molecule has 0 fully saturated rings. The number of nitrogens with zero attached hydrogens (tertiary/aromatic N) is 2. The molecule has 1 aliphatic rings. The first-order valence-corrected chi connectivity index (χ1v) is 23.8. The number of para-hydroxylation sites is 3. The van der Waals surface area contributed by atoms with Crippen molar-refractivity contribution in [3.05, 3.63) is 253 Å². The molecule has 2 heterocycles. The quantitative estimate of drug-likeness (QED) is 0.144. The van der Waals surface area contributed by atoms with Crippen LogP contribution in [0.3, 0.4) is 0 Å². The monoisotopic (exact) mass is 866 g/mol. The van der Waals surface area contributed by atoms with E-state index in [1.807, 2.05) is 0 Å². The van der Waals surface area contributed by atoms with E-state index in [-0.39, 0.29) is 0 Å². The van der Waals surface area contributed by atoms with Gasteiger partial charge in [-0.1, -0.05) is 212 Å². The van der Waals surface area contributed by atoms with Crippen LogP contribution in [-0.4, -0.2) is 9.13 Å². The van der Waals surface area contributed by atoms with Crippen molar-refractivity contribution in [2.24, 2.45) is 0 Å². The van der Waals surface area contributed by atoms with Crippen LogP contribution in [0.25, 0.3) is 123 Å². The standard InChI is InChI=1S/C66H46N2/c1-5-21-45(22-6-1)61-62(46-23-7-2-8-24-46)66(50-39-43-52(44-40-50)68-59-35-19-15-31-55(59)56-32-16-20-36-60(56)68)64(48-27-11-4-12-28-48)63(47-25-9-3-10-26-47)65(61)49-37-41-51(42-38-49)67-57-33-17-13-29-53(57)54-30-14-18-34-58(54)67/h1-15,17-19,21-44H,16,20H2. The number of fused-ring (bicyclic) bond motifs is 6. The fraction of sp³-hybridized carbons (Fsp3) is 0.0303. The molecule has 0 bridgehead atoms. The zero-order valence-electron chi connectivity index (χ0n) is 37.6. The molecular formula is C66H46N2. The van der Waals surface area contributed by atoms with E-state index in [1.165, 1.54) is 98.9 Å². The van der Waals surface area contributed by atoms with Crippen LogP contribution < -0.4 is 10.6 Å². The first-order chi connectivity index (χ1) is 33.8. The van der Waals surface area contributed by atoms with Gasteiger partial charge >= 0.3 is 0 Å². The molecule has 0 N–H and O–H groups in total. The Bertz CT molecular complexity index is 3800. The summed E-state index contributed by atoms with van der Waals surface area (Å²) in [7, 11) is 0. The Hall–Kier alpha value is -8.72. The molecule has 10 aromatic carbocycles. The maximum atomic E-state index is 2.46. The van der Waals surface area contributed by atoms with E-state index in [4.69, 9.17) is 0 Å². The van der Waals surface area contributed by atoms with E-state index in [2.05, 4.69) is 264 Å². The topological polar surface area (TPSA) is 9.86 Å². The molecule has 0 amide bonds. The van der Waals surface area contributed by atoms with Crippen molar-refractivity contribution in [3.8, 4) is 78.1 Å². The number of benzene rings is 10. The molecule has 0 saturated heterocycles. The summed E-state index contributed by atoms with van der Waals surface area (Å²) in [6.07, 6.45) is 6.94. The molecule has 13 rings (SSSR count). The van der Waals surface area contributed by atoms with Crippen LogP contribution in [0, 0.1) is 0 Å². The van der Waals surface area contributed by atoms with Gasteiger partial charge in [-0.25, -0.2) is 0 Å². The van der Waals surface area contributed by atoms with Gasteiger partial charge in [0.1, 0.15) is 0 Å². The van der Waals surface area contributed by atoms with Gasteiger partial charge in [-0.15, -0.1) is 0 Å². The largest absolute Gasteiger partial charge is 0.310 e. The number of hydrogen-bond donors (Lipinski definition) is 0. The highest BCUT2D eigenvalue weighted by Crippen LogP contribution is 2.56. The summed E-state index contributed by atoms with van der Waals surface area (Å²) >= 11 is 0. The van der Waals surface area contributed by atoms with E-state index >= 15 is 0 Å². The van der Waals surface area contributed by atoms with E-state index in [9.17, 15) is 0 Å². The normalized spacial score (nSPS) is 12.2. The Balaban J connectivity index is 1.14. The summed E-state index contributed by atoms with van der Waals surface area (Å²) in [5, 5.41) is 6.44. The molecule has 2 heteroatoms. The zero-order chi connectivity index (χ0) is 45.0. The Morgan fingerprint density at radius 2 is 0.529 bits per heavy atom. The highest BCUT2D eigenvalue weighted by molar-refractivity contribution is 6.15. The predicted molar refractivity (Wildman–Crippen MR) is 288 cm³/mol. The summed E-state index contributed by atoms with van der Waals surface area (Å²) in [5.41, 5.74) is 20.1. The summed E-state index contributed by atoms with van der Waals surface area (Å²) < 4.78 is 4.86. The third-order valence-corrected chi connectivity index (χ3v) is 14.0. The van der Waals surface area contributed by atoms with E-state index in [1.54, 1.807) is 0 Å². The second-order valence-corrected chi connectivity index (χ2v) is 17.8. The molecule has 12 aromatic rings. The average Bonchev–Trinajstić information content (AvgIpc) is 3.94. The Kier molecular flexibility index (Phi) is 9.68. The zero-order valence-corrected chi connectivity index (χ0v) is 37.6. The van der Waals surface area contributed by atoms with Gasteiger partial charge in [0.2, 0.25) is 0 Å². The van der Waals surface area contributed by atoms with Crippen molar-refractivity contribution in [1.82, 2.24) is 9.13 Å². The van der Waals surface area contributed by atoms with Crippen LogP contribution in [0.2, 0.25) is 0 Å². The van der Waals surface area contributed by atoms with Crippen molar-refractivity contribution in [2.45, 2.75) is 12.8 Å². The number of rotatable bonds is 8. The Morgan fingerprint density at radius 3 is 0.926 bits per heavy atom. The van der Waals surface area contributed by atoms with Crippen LogP contribution in [0.15, 0.2) is 243 Å². The van der Waals surface area contributed by atoms with Gasteiger partial charge < -0.3 is 9.13 Å². The van der Waals surface area contributed by atoms with Gasteiger partial charge in [0.05, 0.1) is 16.6 Å². The average molecular weight is 867 g/mol. The summed E-state index contributed by atoms with van der Waals surface area (Å²) in [4.78, 5) is 0. The molecule has 0 aliphatic heterocycles. The lowest BCUT2D eigenvalue weighted by Crippen LogP contribution is -2.30. The molecular weight excluding hydrogens is 821 g/mol. The fourth-order valence-corrected chi connectivity index (χ4v) is 11.1. The maximum Gasteiger partial charge on any atom is 0.0541 e. The van der Waals surface area contributed by atoms with E-state index in [0.717, 1.165) is 35.3 Å². The summed E-state index contributed by atoms with van der Waals surface area (Å²) in [6, 6.07) is 89.3. The molecule has 1 aliphatic carbocycles. The fourth-order valence-electron chi connectivity index (χ4n) is 11.1. The first-order valence-electron chi connectivity index (χ1n) is 23.8. The molecule has 320 valence electrons. The summed E-state index contributed by atoms with van der Waals surface area (Å²) in [6.45, 7) is 0. The van der Waals surface area contributed by atoms with Crippen molar-refractivity contribution in [2.75, 3.05) is 0 Å². The highest BCUT2D eigenvalue weighted by atomic mass is 15.0. The molecule has 68 heavy (non-hydrogen) atoms. The Morgan fingerprint density at radius 1 is 0.235 bits per heavy atom. The lowest BCUT2D eigenvalue weighted by atomic mass is 9.74. The molecule has 0 spiro atoms. The van der Waals surface area contributed by atoms with E-state index in [0.29, 0.717) is 0 Å². The predicted octanol–water partition coefficient (Wildman–Crippen LogP) is 16.1. The second-order valence-electron chi connectivity index (χ2n) is 17.8. The highest BCUT2D eigenvalue weighted by Gasteiger charge is 2.29. The molecule has 0 radical (unpaired) electrons. The number of aromatic nitrogens is 2. The SMILES string of the molecule is C1=c2c(n(-c3ccc(-c4c(-c5ccccc5)c(-c5ccccc5)c(-c5ccc(-n6c7ccccc7c7ccccc76)cc5)c(-c5ccccc5)c4-c4ccccc4)cc3)c3ccccc23)=CCC1. The van der Waals surface area contributed by atoms with Crippen molar-refractivity contribution >= 4 is 44.9 Å². The van der Waals surface area contributed by atoms with Gasteiger partial charge in [0.15, 0.2) is 0 Å². The molecule has 2 nitrogen and oxygen atoms in total. The van der Waals surface area contributed by atoms with Gasteiger partial charge in [-0.05, 0) is 122 Å². The third-order valence-electron chi connectivity index (χ3n) is 14.0. The first kappa shape index (κ1) is 39.6. The summed E-state index contributed by atoms with van der Waals surface area (Å²) in [5.74, 6) is 0. The van der Waals surface area contributed by atoms with Gasteiger partial charge in [-0.2, -0.15) is 0 Å². The van der Waals surface area contributed by atoms with Crippen molar-refractivity contribution < 1.29 is 0 Å². The lowest BCUT2D eigenvalue weighted by Gasteiger charge is -2.29. The lowest BCUT2D eigenvalue weighted by molar-refractivity contribution is 1.02. The Labute approximate surface area is 396 Å².